The van der Waals surface area contributed by atoms with E-state index in [4.69, 9.17) is 5.73 Å². The fourth-order valence-electron chi connectivity index (χ4n) is 1.24. The summed E-state index contributed by atoms with van der Waals surface area (Å²) in [5, 5.41) is 0. The molecule has 0 aromatic heterocycles. The minimum absolute atomic E-state index is 0.0745. The Morgan fingerprint density at radius 1 is 1.67 bits per heavy atom. The van der Waals surface area contributed by atoms with Crippen molar-refractivity contribution in [2.75, 3.05) is 0 Å². The van der Waals surface area contributed by atoms with E-state index in [-0.39, 0.29) is 11.8 Å². The lowest BCUT2D eigenvalue weighted by molar-refractivity contribution is -0.118. The van der Waals surface area contributed by atoms with E-state index >= 15 is 0 Å². The van der Waals surface area contributed by atoms with Gasteiger partial charge < -0.3 is 5.73 Å². The first-order valence-electron chi connectivity index (χ1n) is 4.29. The molecule has 66 valence electrons. The zero-order valence-corrected chi connectivity index (χ0v) is 7.42. The molecule has 2 heteroatoms. The van der Waals surface area contributed by atoms with Crippen molar-refractivity contribution in [1.82, 2.24) is 0 Å². The van der Waals surface area contributed by atoms with Crippen molar-refractivity contribution in [2.45, 2.75) is 32.2 Å². The number of carbonyl (C=O) groups excluding carboxylic acids is 1. The van der Waals surface area contributed by atoms with Crippen LogP contribution in [0.4, 0.5) is 0 Å². The quantitative estimate of drug-likeness (QED) is 0.645. The van der Waals surface area contributed by atoms with Gasteiger partial charge in [0.05, 0.1) is 6.04 Å². The molecule has 0 amide bonds. The van der Waals surface area contributed by atoms with Crippen LogP contribution in [-0.4, -0.2) is 11.8 Å². The lowest BCUT2D eigenvalue weighted by atomic mass is 9.97. The molecule has 0 radical (unpaired) electrons. The number of rotatable bonds is 3. The molecule has 0 saturated heterocycles. The summed E-state index contributed by atoms with van der Waals surface area (Å²) in [6.07, 6.45) is 9.08. The van der Waals surface area contributed by atoms with Crippen molar-refractivity contribution in [3.8, 4) is 0 Å². The monoisotopic (exact) mass is 165 g/mol. The maximum absolute atomic E-state index is 10.8. The molecule has 0 aromatic rings. The van der Waals surface area contributed by atoms with Gasteiger partial charge in [0.1, 0.15) is 5.78 Å². The third kappa shape index (κ3) is 2.62. The average Bonchev–Trinajstić information content (AvgIpc) is 2.06. The van der Waals surface area contributed by atoms with Crippen LogP contribution < -0.4 is 5.73 Å². The lowest BCUT2D eigenvalue weighted by Crippen LogP contribution is -2.28. The maximum Gasteiger partial charge on any atom is 0.146 e. The second-order valence-corrected chi connectivity index (χ2v) is 3.19. The molecule has 2 N–H and O–H groups in total. The van der Waals surface area contributed by atoms with Crippen molar-refractivity contribution in [2.24, 2.45) is 5.73 Å². The van der Waals surface area contributed by atoms with Crippen molar-refractivity contribution in [3.05, 3.63) is 23.8 Å². The van der Waals surface area contributed by atoms with E-state index in [2.05, 4.69) is 18.2 Å². The predicted molar refractivity (Wildman–Crippen MR) is 49.7 cm³/mol. The van der Waals surface area contributed by atoms with Crippen LogP contribution in [-0.2, 0) is 4.79 Å². The summed E-state index contributed by atoms with van der Waals surface area (Å²) in [7, 11) is 0. The third-order valence-corrected chi connectivity index (χ3v) is 2.09. The molecule has 2 nitrogen and oxygen atoms in total. The van der Waals surface area contributed by atoms with Gasteiger partial charge in [0.15, 0.2) is 0 Å². The van der Waals surface area contributed by atoms with E-state index in [1.807, 2.05) is 0 Å². The van der Waals surface area contributed by atoms with Crippen LogP contribution in [0.2, 0.25) is 0 Å². The highest BCUT2D eigenvalue weighted by molar-refractivity contribution is 5.81. The van der Waals surface area contributed by atoms with Gasteiger partial charge in [0.25, 0.3) is 0 Å². The van der Waals surface area contributed by atoms with Gasteiger partial charge in [-0.25, -0.2) is 0 Å². The van der Waals surface area contributed by atoms with E-state index in [9.17, 15) is 4.79 Å². The molecular formula is C10H15NO. The topological polar surface area (TPSA) is 43.1 Å². The van der Waals surface area contributed by atoms with Crippen LogP contribution in [0.25, 0.3) is 0 Å². The lowest BCUT2D eigenvalue weighted by Gasteiger charge is -2.11. The predicted octanol–water partition coefficient (Wildman–Crippen LogP) is 1.57. The van der Waals surface area contributed by atoms with Crippen molar-refractivity contribution < 1.29 is 4.79 Å². The molecule has 0 heterocycles. The standard InChI is InChI=1S/C10H15NO/c1-8(12)10(11)7-9-5-3-2-4-6-9/h2-3,6,10H,4-5,7,11H2,1H3. The van der Waals surface area contributed by atoms with Gasteiger partial charge in [0, 0.05) is 0 Å². The number of Topliss-reactive ketones (excluding diaryl/α,β-unsaturated/α-hetero) is 1. The van der Waals surface area contributed by atoms with Crippen molar-refractivity contribution >= 4 is 5.78 Å². The summed E-state index contributed by atoms with van der Waals surface area (Å²) in [5.41, 5.74) is 6.92. The first-order valence-corrected chi connectivity index (χ1v) is 4.29. The van der Waals surface area contributed by atoms with E-state index < -0.39 is 0 Å². The molecule has 0 aliphatic heterocycles. The van der Waals surface area contributed by atoms with Gasteiger partial charge in [-0.15, -0.1) is 0 Å². The number of allylic oxidation sites excluding steroid dienone is 3. The van der Waals surface area contributed by atoms with Crippen molar-refractivity contribution in [3.63, 3.8) is 0 Å². The van der Waals surface area contributed by atoms with Gasteiger partial charge in [-0.3, -0.25) is 4.79 Å². The van der Waals surface area contributed by atoms with E-state index in [0.717, 1.165) is 19.3 Å². The highest BCUT2D eigenvalue weighted by Crippen LogP contribution is 2.15. The van der Waals surface area contributed by atoms with Crippen molar-refractivity contribution in [1.29, 1.82) is 0 Å². The molecule has 0 bridgehead atoms. The summed E-state index contributed by atoms with van der Waals surface area (Å²) < 4.78 is 0. The van der Waals surface area contributed by atoms with Crippen LogP contribution in [0, 0.1) is 0 Å². The van der Waals surface area contributed by atoms with Crippen LogP contribution in [0.3, 0.4) is 0 Å². The van der Waals surface area contributed by atoms with E-state index in [1.54, 1.807) is 6.92 Å². The van der Waals surface area contributed by atoms with E-state index in [0.29, 0.717) is 0 Å². The first-order chi connectivity index (χ1) is 5.70. The number of carbonyl (C=O) groups is 1. The smallest absolute Gasteiger partial charge is 0.146 e. The molecule has 12 heavy (non-hydrogen) atoms. The van der Waals surface area contributed by atoms with Crippen LogP contribution in [0.5, 0.6) is 0 Å². The third-order valence-electron chi connectivity index (χ3n) is 2.09. The van der Waals surface area contributed by atoms with Gasteiger partial charge in [-0.2, -0.15) is 0 Å². The average molecular weight is 165 g/mol. The minimum Gasteiger partial charge on any atom is -0.321 e. The van der Waals surface area contributed by atoms with Crippen LogP contribution in [0.15, 0.2) is 23.8 Å². The highest BCUT2D eigenvalue weighted by atomic mass is 16.1. The first kappa shape index (κ1) is 9.20. The summed E-state index contributed by atoms with van der Waals surface area (Å²) in [6, 6.07) is -0.303. The second-order valence-electron chi connectivity index (χ2n) is 3.19. The number of hydrogen-bond donors (Lipinski definition) is 1. The normalized spacial score (nSPS) is 18.7. The Hall–Kier alpha value is -0.890. The fraction of sp³-hybridized carbons (Fsp3) is 0.500. The minimum atomic E-state index is -0.303. The zero-order chi connectivity index (χ0) is 8.97. The Kier molecular flexibility index (Phi) is 3.23. The fourth-order valence-corrected chi connectivity index (χ4v) is 1.24. The molecule has 0 spiro atoms. The van der Waals surface area contributed by atoms with Gasteiger partial charge in [-0.1, -0.05) is 23.8 Å². The molecule has 0 aromatic carbocycles. The summed E-state index contributed by atoms with van der Waals surface area (Å²) in [6.45, 7) is 1.55. The molecule has 0 fully saturated rings. The van der Waals surface area contributed by atoms with Crippen LogP contribution in [0.1, 0.15) is 26.2 Å². The summed E-state index contributed by atoms with van der Waals surface area (Å²) in [4.78, 5) is 10.8. The number of ketones is 1. The Morgan fingerprint density at radius 2 is 2.42 bits per heavy atom. The largest absolute Gasteiger partial charge is 0.321 e. The van der Waals surface area contributed by atoms with Crippen LogP contribution >= 0.6 is 0 Å². The van der Waals surface area contributed by atoms with Gasteiger partial charge in [0.2, 0.25) is 0 Å². The zero-order valence-electron chi connectivity index (χ0n) is 7.42. The molecule has 0 saturated carbocycles. The Morgan fingerprint density at radius 3 is 2.92 bits per heavy atom. The molecule has 1 aliphatic rings. The number of hydrogen-bond acceptors (Lipinski definition) is 2. The van der Waals surface area contributed by atoms with Gasteiger partial charge in [-0.05, 0) is 26.2 Å². The Bertz CT molecular complexity index is 228. The molecule has 1 unspecified atom stereocenters. The molecule has 1 atom stereocenters. The molecule has 1 aliphatic carbocycles. The SMILES string of the molecule is CC(=O)C(N)CC1=CCC=CC1. The second kappa shape index (κ2) is 4.21. The van der Waals surface area contributed by atoms with E-state index in [1.165, 1.54) is 5.57 Å². The highest BCUT2D eigenvalue weighted by Gasteiger charge is 2.10. The number of nitrogens with two attached hydrogens (primary N) is 1. The molecule has 1 rings (SSSR count). The maximum atomic E-state index is 10.8. The summed E-state index contributed by atoms with van der Waals surface area (Å²) in [5.74, 6) is 0.0745. The summed E-state index contributed by atoms with van der Waals surface area (Å²) >= 11 is 0. The van der Waals surface area contributed by atoms with Gasteiger partial charge >= 0.3 is 0 Å². The Balaban J connectivity index is 2.40. The molecular weight excluding hydrogens is 150 g/mol. The Labute approximate surface area is 73.1 Å².